The van der Waals surface area contributed by atoms with Crippen LogP contribution in [0.15, 0.2) is 48.5 Å². The van der Waals surface area contributed by atoms with Gasteiger partial charge in [-0.1, -0.05) is 30.3 Å². The second-order valence-electron chi connectivity index (χ2n) is 4.64. The van der Waals surface area contributed by atoms with Gasteiger partial charge in [0.05, 0.1) is 20.6 Å². The van der Waals surface area contributed by atoms with Gasteiger partial charge in [0.15, 0.2) is 17.3 Å². The molecule has 0 amide bonds. The van der Waals surface area contributed by atoms with Gasteiger partial charge in [-0.3, -0.25) is 10.2 Å². The van der Waals surface area contributed by atoms with Crippen molar-refractivity contribution in [2.45, 2.75) is 6.42 Å². The van der Waals surface area contributed by atoms with Gasteiger partial charge in [-0.2, -0.15) is 0 Å². The van der Waals surface area contributed by atoms with E-state index in [0.717, 1.165) is 0 Å². The number of ether oxygens (including phenoxy) is 2. The molecule has 0 heterocycles. The van der Waals surface area contributed by atoms with E-state index in [1.54, 1.807) is 56.7 Å². The van der Waals surface area contributed by atoms with E-state index < -0.39 is 0 Å². The smallest absolute Gasteiger partial charge is 0.170 e. The topological polar surface area (TPSA) is 71.4 Å². The highest BCUT2D eigenvalue weighted by molar-refractivity contribution is 6.12. The lowest BCUT2D eigenvalue weighted by Crippen LogP contribution is -2.15. The lowest BCUT2D eigenvalue weighted by atomic mass is 10.1. The Morgan fingerprint density at radius 3 is 2.36 bits per heavy atom. The van der Waals surface area contributed by atoms with Crippen LogP contribution in [0.1, 0.15) is 16.8 Å². The van der Waals surface area contributed by atoms with E-state index in [2.05, 4.69) is 5.32 Å². The second-order valence-corrected chi connectivity index (χ2v) is 4.64. The van der Waals surface area contributed by atoms with Crippen LogP contribution in [0.2, 0.25) is 0 Å². The number of methoxy groups -OCH3 is 2. The molecule has 0 bridgehead atoms. The molecule has 5 nitrogen and oxygen atoms in total. The first-order valence-corrected chi connectivity index (χ1v) is 6.78. The van der Waals surface area contributed by atoms with Gasteiger partial charge in [-0.25, -0.2) is 0 Å². The van der Waals surface area contributed by atoms with Crippen molar-refractivity contribution in [3.63, 3.8) is 0 Å². The molecule has 5 heteroatoms. The van der Waals surface area contributed by atoms with Crippen LogP contribution in [0.25, 0.3) is 0 Å². The Kier molecular flexibility index (Phi) is 5.14. The molecule has 2 aromatic carbocycles. The monoisotopic (exact) mass is 298 g/mol. The van der Waals surface area contributed by atoms with Gasteiger partial charge in [-0.15, -0.1) is 0 Å². The average molecular weight is 298 g/mol. The van der Waals surface area contributed by atoms with Gasteiger partial charge in [0.1, 0.15) is 5.84 Å². The minimum absolute atomic E-state index is 0.0123. The number of nitrogens with one attached hydrogen (secondary N) is 2. The minimum Gasteiger partial charge on any atom is -0.493 e. The molecule has 0 saturated carbocycles. The first-order chi connectivity index (χ1) is 10.6. The fraction of sp³-hybridized carbons (Fsp3) is 0.176. The Labute approximate surface area is 129 Å². The summed E-state index contributed by atoms with van der Waals surface area (Å²) < 4.78 is 10.4. The maximum absolute atomic E-state index is 12.0. The molecule has 0 aliphatic carbocycles. The van der Waals surface area contributed by atoms with Crippen LogP contribution in [0.4, 0.5) is 5.69 Å². The lowest BCUT2D eigenvalue weighted by molar-refractivity contribution is 0.100. The number of Topliss-reactive ketones (excluding diaryl/α,β-unsaturated/α-hetero) is 1. The van der Waals surface area contributed by atoms with Crippen LogP contribution in [0.3, 0.4) is 0 Å². The van der Waals surface area contributed by atoms with Crippen molar-refractivity contribution >= 4 is 17.3 Å². The van der Waals surface area contributed by atoms with Gasteiger partial charge in [-0.05, 0) is 12.1 Å². The third-order valence-electron chi connectivity index (χ3n) is 3.11. The summed E-state index contributed by atoms with van der Waals surface area (Å²) in [6.45, 7) is 0. The van der Waals surface area contributed by atoms with E-state index in [1.807, 2.05) is 6.07 Å². The number of anilines is 1. The summed E-state index contributed by atoms with van der Waals surface area (Å²) in [6.07, 6.45) is 0.0123. The van der Waals surface area contributed by atoms with Gasteiger partial charge in [0.2, 0.25) is 0 Å². The molecule has 0 aliphatic rings. The van der Waals surface area contributed by atoms with Crippen molar-refractivity contribution in [1.82, 2.24) is 0 Å². The lowest BCUT2D eigenvalue weighted by Gasteiger charge is -2.11. The van der Waals surface area contributed by atoms with Crippen molar-refractivity contribution in [1.29, 1.82) is 5.41 Å². The quantitative estimate of drug-likeness (QED) is 0.487. The molecule has 0 aromatic heterocycles. The Morgan fingerprint density at radius 1 is 1.05 bits per heavy atom. The van der Waals surface area contributed by atoms with E-state index in [-0.39, 0.29) is 18.0 Å². The third kappa shape index (κ3) is 3.85. The maximum Gasteiger partial charge on any atom is 0.170 e. The number of hydrogen-bond donors (Lipinski definition) is 2. The first-order valence-electron chi connectivity index (χ1n) is 6.78. The zero-order valence-electron chi connectivity index (χ0n) is 12.6. The highest BCUT2D eigenvalue weighted by Gasteiger charge is 2.10. The Morgan fingerprint density at radius 2 is 1.73 bits per heavy atom. The summed E-state index contributed by atoms with van der Waals surface area (Å²) in [5, 5.41) is 10.8. The Bertz CT molecular complexity index is 669. The van der Waals surface area contributed by atoms with Crippen LogP contribution < -0.4 is 14.8 Å². The first kappa shape index (κ1) is 15.6. The summed E-state index contributed by atoms with van der Waals surface area (Å²) in [4.78, 5) is 12.0. The van der Waals surface area contributed by atoms with E-state index >= 15 is 0 Å². The molecule has 0 radical (unpaired) electrons. The van der Waals surface area contributed by atoms with Crippen LogP contribution in [-0.4, -0.2) is 25.8 Å². The molecule has 22 heavy (non-hydrogen) atoms. The fourth-order valence-corrected chi connectivity index (χ4v) is 2.02. The molecular formula is C17H18N2O3. The molecule has 0 saturated heterocycles. The second kappa shape index (κ2) is 7.26. The number of hydrogen-bond acceptors (Lipinski definition) is 4. The predicted molar refractivity (Wildman–Crippen MR) is 86.3 cm³/mol. The summed E-state index contributed by atoms with van der Waals surface area (Å²) in [7, 11) is 3.11. The molecule has 0 unspecified atom stereocenters. The number of amidine groups is 1. The van der Waals surface area contributed by atoms with Gasteiger partial charge < -0.3 is 14.8 Å². The van der Waals surface area contributed by atoms with Crippen molar-refractivity contribution in [2.24, 2.45) is 0 Å². The average Bonchev–Trinajstić information content (AvgIpc) is 2.55. The molecule has 0 aliphatic heterocycles. The van der Waals surface area contributed by atoms with Crippen molar-refractivity contribution in [2.75, 3.05) is 19.5 Å². The standard InChI is InChI=1S/C17H18N2O3/c1-21-15-9-8-13(10-16(15)22-2)19-17(18)11-14(20)12-6-4-3-5-7-12/h3-10H,11H2,1-2H3,(H2,18,19). The van der Waals surface area contributed by atoms with E-state index in [1.165, 1.54) is 0 Å². The molecule has 2 N–H and O–H groups in total. The number of carbonyl (C=O) groups is 1. The molecule has 2 aromatic rings. The Balaban J connectivity index is 2.02. The predicted octanol–water partition coefficient (Wildman–Crippen LogP) is 3.37. The summed E-state index contributed by atoms with van der Waals surface area (Å²) in [6, 6.07) is 14.2. The molecule has 114 valence electrons. The van der Waals surface area contributed by atoms with Crippen molar-refractivity contribution in [3.05, 3.63) is 54.1 Å². The van der Waals surface area contributed by atoms with Gasteiger partial charge in [0, 0.05) is 17.3 Å². The fourth-order valence-electron chi connectivity index (χ4n) is 2.02. The Hall–Kier alpha value is -2.82. The molecule has 0 spiro atoms. The highest BCUT2D eigenvalue weighted by atomic mass is 16.5. The highest BCUT2D eigenvalue weighted by Crippen LogP contribution is 2.29. The van der Waals surface area contributed by atoms with E-state index in [4.69, 9.17) is 14.9 Å². The van der Waals surface area contributed by atoms with Crippen LogP contribution in [-0.2, 0) is 0 Å². The van der Waals surface area contributed by atoms with Gasteiger partial charge >= 0.3 is 0 Å². The molecular weight excluding hydrogens is 280 g/mol. The van der Waals surface area contributed by atoms with Crippen LogP contribution >= 0.6 is 0 Å². The zero-order valence-corrected chi connectivity index (χ0v) is 12.6. The summed E-state index contributed by atoms with van der Waals surface area (Å²) in [5.41, 5.74) is 1.27. The third-order valence-corrected chi connectivity index (χ3v) is 3.11. The number of ketones is 1. The minimum atomic E-state index is -0.0985. The SMILES string of the molecule is COc1ccc(NC(=N)CC(=O)c2ccccc2)cc1OC. The number of rotatable bonds is 6. The molecule has 0 atom stereocenters. The normalized spacial score (nSPS) is 9.91. The van der Waals surface area contributed by atoms with Crippen LogP contribution in [0, 0.1) is 5.41 Å². The van der Waals surface area contributed by atoms with E-state index in [0.29, 0.717) is 22.7 Å². The molecule has 0 fully saturated rings. The van der Waals surface area contributed by atoms with Gasteiger partial charge in [0.25, 0.3) is 0 Å². The maximum atomic E-state index is 12.0. The largest absolute Gasteiger partial charge is 0.493 e. The van der Waals surface area contributed by atoms with Crippen LogP contribution in [0.5, 0.6) is 11.5 Å². The summed E-state index contributed by atoms with van der Waals surface area (Å²) >= 11 is 0. The van der Waals surface area contributed by atoms with E-state index in [9.17, 15) is 4.79 Å². The molecule has 2 rings (SSSR count). The van der Waals surface area contributed by atoms with Crippen molar-refractivity contribution in [3.8, 4) is 11.5 Å². The number of carbonyl (C=O) groups excluding carboxylic acids is 1. The zero-order chi connectivity index (χ0) is 15.9. The summed E-state index contributed by atoms with van der Waals surface area (Å²) in [5.74, 6) is 1.20. The van der Waals surface area contributed by atoms with Crippen molar-refractivity contribution < 1.29 is 14.3 Å². The number of benzene rings is 2.